The Kier molecular flexibility index (Phi) is 2.40. The Balaban J connectivity index is 2.22. The van der Waals surface area contributed by atoms with E-state index in [1.165, 1.54) is 33.2 Å². The van der Waals surface area contributed by atoms with Crippen molar-refractivity contribution in [3.8, 4) is 11.1 Å². The third-order valence-electron chi connectivity index (χ3n) is 3.35. The number of hydrogen-bond donors (Lipinski definition) is 0. The minimum absolute atomic E-state index is 1.32. The van der Waals surface area contributed by atoms with E-state index in [4.69, 9.17) is 0 Å². The molecule has 2 aromatic rings. The molecule has 1 aliphatic rings. The van der Waals surface area contributed by atoms with Gasteiger partial charge in [0.15, 0.2) is 7.28 Å². The van der Waals surface area contributed by atoms with Gasteiger partial charge in [0.05, 0.1) is 0 Å². The average Bonchev–Trinajstić information content (AvgIpc) is 2.67. The Morgan fingerprint density at radius 3 is 2.65 bits per heavy atom. The van der Waals surface area contributed by atoms with Crippen LogP contribution < -0.4 is 10.9 Å². The molecule has 0 saturated heterocycles. The minimum Gasteiger partial charge on any atom is -0.0871 e. The average molecular weight is 217 g/mol. The predicted molar refractivity (Wildman–Crippen MR) is 76.3 cm³/mol. The van der Waals surface area contributed by atoms with Crippen LogP contribution >= 0.6 is 0 Å². The van der Waals surface area contributed by atoms with E-state index in [1.54, 1.807) is 0 Å². The highest BCUT2D eigenvalue weighted by Crippen LogP contribution is 2.23. The van der Waals surface area contributed by atoms with Crippen LogP contribution in [0, 0.1) is 6.92 Å². The van der Waals surface area contributed by atoms with Gasteiger partial charge in [-0.15, -0.1) is 0 Å². The normalized spacial score (nSPS) is 12.4. The van der Waals surface area contributed by atoms with Crippen molar-refractivity contribution in [2.75, 3.05) is 0 Å². The van der Waals surface area contributed by atoms with Gasteiger partial charge in [0.2, 0.25) is 0 Å². The largest absolute Gasteiger partial charge is 0.193 e. The minimum atomic E-state index is 1.32. The number of rotatable bonds is 1. The lowest BCUT2D eigenvalue weighted by atomic mass is 9.67. The molecular formula is C16H14B. The zero-order valence-corrected chi connectivity index (χ0v) is 10.2. The monoisotopic (exact) mass is 217 g/mol. The van der Waals surface area contributed by atoms with E-state index in [0.717, 1.165) is 0 Å². The van der Waals surface area contributed by atoms with Crippen molar-refractivity contribution in [1.29, 1.82) is 0 Å². The van der Waals surface area contributed by atoms with E-state index in [1.807, 2.05) is 0 Å². The topological polar surface area (TPSA) is 0 Å². The molecular weight excluding hydrogens is 203 g/mol. The molecule has 0 atom stereocenters. The van der Waals surface area contributed by atoms with E-state index in [9.17, 15) is 0 Å². The van der Waals surface area contributed by atoms with Crippen molar-refractivity contribution in [1.82, 2.24) is 0 Å². The summed E-state index contributed by atoms with van der Waals surface area (Å²) >= 11 is 0. The second-order valence-corrected chi connectivity index (χ2v) is 4.53. The summed E-state index contributed by atoms with van der Waals surface area (Å²) in [6, 6.07) is 13.2. The van der Waals surface area contributed by atoms with Crippen LogP contribution in [0.3, 0.4) is 0 Å². The summed E-state index contributed by atoms with van der Waals surface area (Å²) in [6.07, 6.45) is 4.27. The molecule has 0 amide bonds. The maximum absolute atomic E-state index is 2.30. The van der Waals surface area contributed by atoms with Crippen LogP contribution in [0.2, 0.25) is 0 Å². The number of fused-ring (bicyclic) bond motifs is 3. The Labute approximate surface area is 103 Å². The highest BCUT2D eigenvalue weighted by atomic mass is 14.1. The Morgan fingerprint density at radius 1 is 1.00 bits per heavy atom. The standard InChI is InChI=1S/C16H14B/c1-3-6-12-10-14-13-7-4-5-8-15(13)17-16(14)9-11(12)2/h3-10H,1-2H3/b6-3-. The van der Waals surface area contributed by atoms with Crippen LogP contribution in [0.5, 0.6) is 0 Å². The first kappa shape index (κ1) is 10.4. The molecule has 2 aromatic carbocycles. The van der Waals surface area contributed by atoms with Gasteiger partial charge < -0.3 is 0 Å². The molecule has 81 valence electrons. The van der Waals surface area contributed by atoms with Crippen LogP contribution in [0.25, 0.3) is 17.2 Å². The first-order valence-electron chi connectivity index (χ1n) is 6.01. The van der Waals surface area contributed by atoms with Gasteiger partial charge in [0.1, 0.15) is 0 Å². The lowest BCUT2D eigenvalue weighted by molar-refractivity contribution is 1.46. The maximum atomic E-state index is 2.30. The zero-order valence-electron chi connectivity index (χ0n) is 10.2. The third kappa shape index (κ3) is 1.63. The lowest BCUT2D eigenvalue weighted by Crippen LogP contribution is -2.20. The van der Waals surface area contributed by atoms with Crippen LogP contribution in [-0.4, -0.2) is 7.28 Å². The maximum Gasteiger partial charge on any atom is 0.193 e. The first-order chi connectivity index (χ1) is 8.29. The second-order valence-electron chi connectivity index (χ2n) is 4.53. The lowest BCUT2D eigenvalue weighted by Gasteiger charge is -2.07. The quantitative estimate of drug-likeness (QED) is 0.549. The Hall–Kier alpha value is -1.76. The molecule has 1 aliphatic heterocycles. The predicted octanol–water partition coefficient (Wildman–Crippen LogP) is 2.66. The van der Waals surface area contributed by atoms with E-state index in [-0.39, 0.29) is 0 Å². The van der Waals surface area contributed by atoms with Crippen molar-refractivity contribution in [2.45, 2.75) is 13.8 Å². The molecule has 0 bridgehead atoms. The number of aryl methyl sites for hydroxylation is 1. The summed E-state index contributed by atoms with van der Waals surface area (Å²) in [5, 5.41) is 0. The van der Waals surface area contributed by atoms with Gasteiger partial charge in [-0.2, -0.15) is 0 Å². The molecule has 1 radical (unpaired) electrons. The second kappa shape index (κ2) is 3.92. The number of hydrogen-bond acceptors (Lipinski definition) is 0. The molecule has 1 heterocycles. The van der Waals surface area contributed by atoms with Crippen molar-refractivity contribution in [3.63, 3.8) is 0 Å². The molecule has 0 N–H and O–H groups in total. The molecule has 17 heavy (non-hydrogen) atoms. The molecule has 0 aliphatic carbocycles. The molecule has 0 fully saturated rings. The van der Waals surface area contributed by atoms with Gasteiger partial charge in [0, 0.05) is 0 Å². The molecule has 3 rings (SSSR count). The molecule has 0 aromatic heterocycles. The fourth-order valence-corrected chi connectivity index (χ4v) is 2.49. The smallest absolute Gasteiger partial charge is 0.0871 e. The van der Waals surface area contributed by atoms with E-state index >= 15 is 0 Å². The zero-order chi connectivity index (χ0) is 11.8. The van der Waals surface area contributed by atoms with E-state index in [0.29, 0.717) is 0 Å². The highest BCUT2D eigenvalue weighted by molar-refractivity contribution is 6.73. The summed E-state index contributed by atoms with van der Waals surface area (Å²) < 4.78 is 0. The Bertz CT molecular complexity index is 609. The van der Waals surface area contributed by atoms with Gasteiger partial charge in [-0.1, -0.05) is 53.4 Å². The Morgan fingerprint density at radius 2 is 1.82 bits per heavy atom. The van der Waals surface area contributed by atoms with Crippen LogP contribution in [-0.2, 0) is 0 Å². The molecule has 1 heteroatoms. The first-order valence-corrected chi connectivity index (χ1v) is 6.01. The number of benzene rings is 2. The SMILES string of the molecule is C/C=C\c1cc2c(cc1C)[B]c1ccccc1-2. The van der Waals surface area contributed by atoms with Crippen LogP contribution in [0.1, 0.15) is 18.1 Å². The van der Waals surface area contributed by atoms with Gasteiger partial charge in [-0.25, -0.2) is 0 Å². The van der Waals surface area contributed by atoms with Crippen molar-refractivity contribution in [3.05, 3.63) is 53.6 Å². The van der Waals surface area contributed by atoms with Crippen LogP contribution in [0.15, 0.2) is 42.5 Å². The van der Waals surface area contributed by atoms with E-state index in [2.05, 4.69) is 69.7 Å². The summed E-state index contributed by atoms with van der Waals surface area (Å²) in [7, 11) is 2.27. The van der Waals surface area contributed by atoms with Gasteiger partial charge in [-0.3, -0.25) is 0 Å². The van der Waals surface area contributed by atoms with Crippen LogP contribution in [0.4, 0.5) is 0 Å². The molecule has 0 unspecified atom stereocenters. The summed E-state index contributed by atoms with van der Waals surface area (Å²) in [6.45, 7) is 4.24. The number of allylic oxidation sites excluding steroid dienone is 1. The third-order valence-corrected chi connectivity index (χ3v) is 3.35. The summed E-state index contributed by atoms with van der Waals surface area (Å²) in [5.74, 6) is 0. The van der Waals surface area contributed by atoms with Gasteiger partial charge in [0.25, 0.3) is 0 Å². The van der Waals surface area contributed by atoms with Gasteiger partial charge >= 0.3 is 0 Å². The fourth-order valence-electron chi connectivity index (χ4n) is 2.49. The van der Waals surface area contributed by atoms with Crippen molar-refractivity contribution < 1.29 is 0 Å². The summed E-state index contributed by atoms with van der Waals surface area (Å²) in [4.78, 5) is 0. The molecule has 0 saturated carbocycles. The fraction of sp³-hybridized carbons (Fsp3) is 0.125. The van der Waals surface area contributed by atoms with Gasteiger partial charge in [-0.05, 0) is 42.2 Å². The summed E-state index contributed by atoms with van der Waals surface area (Å²) in [5.41, 5.74) is 8.05. The van der Waals surface area contributed by atoms with E-state index < -0.39 is 0 Å². The van der Waals surface area contributed by atoms with Crippen molar-refractivity contribution in [2.24, 2.45) is 0 Å². The van der Waals surface area contributed by atoms with Crippen molar-refractivity contribution >= 4 is 24.3 Å². The molecule has 0 spiro atoms. The molecule has 0 nitrogen and oxygen atoms in total. The highest BCUT2D eigenvalue weighted by Gasteiger charge is 2.19.